The Labute approximate surface area is 394 Å². The first kappa shape index (κ1) is 61.6. The van der Waals surface area contributed by atoms with Crippen molar-refractivity contribution in [1.82, 2.24) is 10.6 Å². The highest BCUT2D eigenvalue weighted by Gasteiger charge is 2.28. The summed E-state index contributed by atoms with van der Waals surface area (Å²) < 4.78 is 11.4. The van der Waals surface area contributed by atoms with Crippen LogP contribution in [0.1, 0.15) is 232 Å². The molecule has 0 aliphatic rings. The molecule has 0 unspecified atom stereocenters. The Morgan fingerprint density at radius 3 is 1.31 bits per heavy atom. The number of carbonyl (C=O) groups excluding carboxylic acids is 4. The molecular formula is C50H97N5O8S. The van der Waals surface area contributed by atoms with Crippen LogP contribution in [0.25, 0.3) is 0 Å². The molecule has 2 amide bonds. The summed E-state index contributed by atoms with van der Waals surface area (Å²) in [5.41, 5.74) is 17.5. The molecule has 0 aliphatic carbocycles. The highest BCUT2D eigenvalue weighted by molar-refractivity contribution is 7.99. The highest BCUT2D eigenvalue weighted by atomic mass is 32.2. The molecule has 9 N–H and O–H groups in total. The Bertz CT molecular complexity index is 1150. The monoisotopic (exact) mass is 928 g/mol. The van der Waals surface area contributed by atoms with E-state index in [1.165, 1.54) is 140 Å². The van der Waals surface area contributed by atoms with E-state index in [1.807, 2.05) is 0 Å². The largest absolute Gasteiger partial charge is 0.480 e. The lowest BCUT2D eigenvalue weighted by Gasteiger charge is -2.23. The number of rotatable bonds is 48. The number of carboxylic acid groups (broad SMARTS) is 1. The van der Waals surface area contributed by atoms with E-state index in [1.54, 1.807) is 0 Å². The molecule has 0 aromatic carbocycles. The molecule has 0 aliphatic heterocycles. The number of hydrogen-bond donors (Lipinski definition) is 6. The van der Waals surface area contributed by atoms with Crippen molar-refractivity contribution in [2.75, 3.05) is 31.2 Å². The third-order valence-corrected chi connectivity index (χ3v) is 13.0. The second kappa shape index (κ2) is 45.7. The standard InChI is InChI=1S/C50H97N5O8S/c1-3-5-7-9-11-13-15-17-19-21-23-25-27-35-46(56)62-39-42(63-47(57)36-28-26-24-22-20-18-16-14-12-10-8-6-4-2)40-64-41-43(53)48(58)54-44(33-29-31-37-51)49(59)55-45(50(60)61)34-30-32-38-52/h42-45H,3-41,51-53H2,1-2H3,(H,54,58)(H,55,59)(H,60,61)/t42-,43+,44+,45+/m1/s1. The lowest BCUT2D eigenvalue weighted by Crippen LogP contribution is -2.54. The maximum absolute atomic E-state index is 13.2. The fourth-order valence-electron chi connectivity index (χ4n) is 7.66. The number of unbranched alkanes of at least 4 members (excludes halogenated alkanes) is 26. The second-order valence-electron chi connectivity index (χ2n) is 18.0. The number of hydrogen-bond acceptors (Lipinski definition) is 11. The minimum atomic E-state index is -1.16. The maximum Gasteiger partial charge on any atom is 0.326 e. The van der Waals surface area contributed by atoms with Gasteiger partial charge in [-0.05, 0) is 64.5 Å². The molecule has 0 rings (SSSR count). The Morgan fingerprint density at radius 1 is 0.500 bits per heavy atom. The van der Waals surface area contributed by atoms with Crippen molar-refractivity contribution >= 4 is 41.5 Å². The van der Waals surface area contributed by atoms with Crippen LogP contribution in [0.4, 0.5) is 0 Å². The van der Waals surface area contributed by atoms with Crippen molar-refractivity contribution < 1.29 is 38.6 Å². The maximum atomic E-state index is 13.2. The number of aliphatic carboxylic acids is 1. The van der Waals surface area contributed by atoms with Gasteiger partial charge >= 0.3 is 17.9 Å². The molecule has 0 bridgehead atoms. The third-order valence-electron chi connectivity index (χ3n) is 11.8. The van der Waals surface area contributed by atoms with Crippen molar-refractivity contribution in [2.45, 2.75) is 256 Å². The van der Waals surface area contributed by atoms with Crippen LogP contribution in [-0.2, 0) is 33.4 Å². The van der Waals surface area contributed by atoms with Crippen LogP contribution in [0.3, 0.4) is 0 Å². The van der Waals surface area contributed by atoms with Gasteiger partial charge in [0.2, 0.25) is 11.8 Å². The average molecular weight is 928 g/mol. The van der Waals surface area contributed by atoms with Crippen molar-refractivity contribution in [3.63, 3.8) is 0 Å². The van der Waals surface area contributed by atoms with Crippen molar-refractivity contribution in [1.29, 1.82) is 0 Å². The summed E-state index contributed by atoms with van der Waals surface area (Å²) in [5, 5.41) is 14.9. The topological polar surface area (TPSA) is 226 Å². The summed E-state index contributed by atoms with van der Waals surface area (Å²) >= 11 is 1.30. The molecular weight excluding hydrogens is 831 g/mol. The first-order chi connectivity index (χ1) is 31.1. The molecule has 64 heavy (non-hydrogen) atoms. The van der Waals surface area contributed by atoms with Crippen LogP contribution in [0.5, 0.6) is 0 Å². The van der Waals surface area contributed by atoms with Crippen LogP contribution in [-0.4, -0.2) is 90.3 Å². The number of carbonyl (C=O) groups is 5. The van der Waals surface area contributed by atoms with Crippen molar-refractivity contribution in [2.24, 2.45) is 17.2 Å². The van der Waals surface area contributed by atoms with Crippen LogP contribution < -0.4 is 27.8 Å². The van der Waals surface area contributed by atoms with Crippen LogP contribution in [0, 0.1) is 0 Å². The number of thioether (sulfide) groups is 1. The van der Waals surface area contributed by atoms with Gasteiger partial charge in [-0.15, -0.1) is 0 Å². The number of amides is 2. The Morgan fingerprint density at radius 2 is 0.891 bits per heavy atom. The van der Waals surface area contributed by atoms with Gasteiger partial charge in [-0.2, -0.15) is 11.8 Å². The normalized spacial score (nSPS) is 13.2. The van der Waals surface area contributed by atoms with E-state index in [-0.39, 0.29) is 49.3 Å². The zero-order chi connectivity index (χ0) is 47.3. The summed E-state index contributed by atoms with van der Waals surface area (Å²) in [7, 11) is 0. The van der Waals surface area contributed by atoms with Gasteiger partial charge in [0.1, 0.15) is 24.8 Å². The van der Waals surface area contributed by atoms with E-state index in [2.05, 4.69) is 24.5 Å². The van der Waals surface area contributed by atoms with Gasteiger partial charge < -0.3 is 42.4 Å². The lowest BCUT2D eigenvalue weighted by molar-refractivity contribution is -0.157. The summed E-state index contributed by atoms with van der Waals surface area (Å²) in [5.74, 6) is -2.55. The molecule has 376 valence electrons. The van der Waals surface area contributed by atoms with E-state index in [4.69, 9.17) is 26.7 Å². The van der Waals surface area contributed by atoms with E-state index in [9.17, 15) is 29.1 Å². The minimum Gasteiger partial charge on any atom is -0.480 e. The molecule has 0 spiro atoms. The molecule has 0 radical (unpaired) electrons. The summed E-state index contributed by atoms with van der Waals surface area (Å²) in [6.45, 7) is 5.25. The fourth-order valence-corrected chi connectivity index (χ4v) is 8.63. The number of esters is 2. The molecule has 0 saturated carbocycles. The molecule has 0 saturated heterocycles. The Kier molecular flexibility index (Phi) is 44.0. The van der Waals surface area contributed by atoms with E-state index >= 15 is 0 Å². The first-order valence-electron chi connectivity index (χ1n) is 26.0. The molecule has 13 nitrogen and oxygen atoms in total. The lowest BCUT2D eigenvalue weighted by atomic mass is 10.0. The predicted molar refractivity (Wildman–Crippen MR) is 264 cm³/mol. The smallest absolute Gasteiger partial charge is 0.326 e. The zero-order valence-corrected chi connectivity index (χ0v) is 41.6. The number of ether oxygens (including phenoxy) is 2. The second-order valence-corrected chi connectivity index (χ2v) is 19.0. The van der Waals surface area contributed by atoms with Gasteiger partial charge in [0.15, 0.2) is 0 Å². The van der Waals surface area contributed by atoms with Gasteiger partial charge in [-0.25, -0.2) is 4.79 Å². The van der Waals surface area contributed by atoms with Gasteiger partial charge in [-0.3, -0.25) is 19.2 Å². The van der Waals surface area contributed by atoms with E-state index in [0.717, 1.165) is 38.5 Å². The first-order valence-corrected chi connectivity index (χ1v) is 27.2. The molecule has 14 heteroatoms. The molecule has 0 heterocycles. The zero-order valence-electron chi connectivity index (χ0n) is 40.8. The molecule has 0 aromatic heterocycles. The van der Waals surface area contributed by atoms with Gasteiger partial charge in [0.25, 0.3) is 0 Å². The number of nitrogens with one attached hydrogen (secondary N) is 2. The quantitative estimate of drug-likeness (QED) is 0.0248. The van der Waals surface area contributed by atoms with Crippen LogP contribution >= 0.6 is 11.8 Å². The molecule has 0 aromatic rings. The van der Waals surface area contributed by atoms with E-state index < -0.39 is 42.0 Å². The molecule has 0 fully saturated rings. The third kappa shape index (κ3) is 38.8. The SMILES string of the molecule is CCCCCCCCCCCCCCCC(=O)OC[C@H](CSC[C@H](N)C(=O)N[C@@H](CCCCN)C(=O)N[C@@H](CCCCN)C(=O)O)OC(=O)CCCCCCCCCCCCCCC. The molecule has 4 atom stereocenters. The van der Waals surface area contributed by atoms with Crippen LogP contribution in [0.15, 0.2) is 0 Å². The summed E-state index contributed by atoms with van der Waals surface area (Å²) in [6, 6.07) is -3.10. The summed E-state index contributed by atoms with van der Waals surface area (Å²) in [6.07, 6.45) is 34.4. The minimum absolute atomic E-state index is 0.0739. The Balaban J connectivity index is 5.01. The highest BCUT2D eigenvalue weighted by Crippen LogP contribution is 2.17. The van der Waals surface area contributed by atoms with Gasteiger partial charge in [0, 0.05) is 24.3 Å². The van der Waals surface area contributed by atoms with Crippen molar-refractivity contribution in [3.05, 3.63) is 0 Å². The average Bonchev–Trinajstić information content (AvgIpc) is 3.27. The van der Waals surface area contributed by atoms with Gasteiger partial charge in [-0.1, -0.05) is 168 Å². The van der Waals surface area contributed by atoms with Crippen LogP contribution in [0.2, 0.25) is 0 Å². The Hall–Kier alpha value is -2.42. The summed E-state index contributed by atoms with van der Waals surface area (Å²) in [4.78, 5) is 63.9. The number of carboxylic acids is 1. The van der Waals surface area contributed by atoms with Crippen molar-refractivity contribution in [3.8, 4) is 0 Å². The van der Waals surface area contributed by atoms with E-state index in [0.29, 0.717) is 45.2 Å². The predicted octanol–water partition coefficient (Wildman–Crippen LogP) is 9.78. The number of nitrogens with two attached hydrogens (primary N) is 3. The van der Waals surface area contributed by atoms with Gasteiger partial charge in [0.05, 0.1) is 6.04 Å². The fraction of sp³-hybridized carbons (Fsp3) is 0.900.